The van der Waals surface area contributed by atoms with Crippen molar-refractivity contribution in [1.82, 2.24) is 19.4 Å². The van der Waals surface area contributed by atoms with Crippen LogP contribution in [0.5, 0.6) is 5.75 Å². The molecule has 2 aromatic heterocycles. The van der Waals surface area contributed by atoms with E-state index >= 15 is 0 Å². The van der Waals surface area contributed by atoms with Crippen molar-refractivity contribution in [1.29, 1.82) is 5.26 Å². The second kappa shape index (κ2) is 10.1. The van der Waals surface area contributed by atoms with Crippen molar-refractivity contribution in [2.45, 2.75) is 25.9 Å². The van der Waals surface area contributed by atoms with Gasteiger partial charge in [0.2, 0.25) is 5.91 Å². The highest BCUT2D eigenvalue weighted by Gasteiger charge is 2.20. The zero-order valence-corrected chi connectivity index (χ0v) is 19.4. The van der Waals surface area contributed by atoms with Crippen LogP contribution in [-0.4, -0.2) is 33.7 Å². The van der Waals surface area contributed by atoms with Gasteiger partial charge in [-0.05, 0) is 36.2 Å². The Labute approximate surface area is 201 Å². The molecule has 178 valence electrons. The Bertz CT molecular complexity index is 1520. The van der Waals surface area contributed by atoms with Crippen LogP contribution in [0.3, 0.4) is 0 Å². The fourth-order valence-corrected chi connectivity index (χ4v) is 4.14. The van der Waals surface area contributed by atoms with Crippen molar-refractivity contribution in [2.75, 3.05) is 13.7 Å². The third-order valence-corrected chi connectivity index (χ3v) is 6.02. The van der Waals surface area contributed by atoms with Crippen LogP contribution in [0.2, 0.25) is 0 Å². The van der Waals surface area contributed by atoms with Crippen LogP contribution in [0.15, 0.2) is 70.5 Å². The Kier molecular flexibility index (Phi) is 6.83. The van der Waals surface area contributed by atoms with E-state index in [0.717, 1.165) is 32.3 Å². The molecule has 0 spiro atoms. The lowest BCUT2D eigenvalue weighted by molar-refractivity contribution is -0.121. The summed E-state index contributed by atoms with van der Waals surface area (Å²) < 4.78 is 7.30. The molecule has 0 radical (unpaired) electrons. The number of aryl methyl sites for hydroxylation is 1. The number of para-hydroxylation sites is 1. The Morgan fingerprint density at radius 3 is 2.60 bits per heavy atom. The van der Waals surface area contributed by atoms with Crippen LogP contribution in [0.4, 0.5) is 0 Å². The first-order valence-electron chi connectivity index (χ1n) is 11.2. The van der Waals surface area contributed by atoms with Crippen molar-refractivity contribution < 1.29 is 9.53 Å². The van der Waals surface area contributed by atoms with E-state index in [2.05, 4.69) is 10.3 Å². The molecule has 9 nitrogen and oxygen atoms in total. The average molecular weight is 472 g/mol. The molecule has 1 unspecified atom stereocenters. The number of ether oxygens (including phenoxy) is 1. The van der Waals surface area contributed by atoms with Crippen molar-refractivity contribution in [3.63, 3.8) is 0 Å². The summed E-state index contributed by atoms with van der Waals surface area (Å²) in [5.41, 5.74) is 1.35. The van der Waals surface area contributed by atoms with Gasteiger partial charge >= 0.3 is 5.69 Å². The molecule has 2 N–H and O–H groups in total. The van der Waals surface area contributed by atoms with E-state index in [1.165, 1.54) is 10.8 Å². The number of nitriles is 1. The minimum absolute atomic E-state index is 0.186. The maximum atomic E-state index is 12.9. The lowest BCUT2D eigenvalue weighted by Crippen LogP contribution is -2.44. The Morgan fingerprint density at radius 2 is 1.91 bits per heavy atom. The number of nitrogens with one attached hydrogen (secondary N) is 2. The zero-order chi connectivity index (χ0) is 24.9. The highest BCUT2D eigenvalue weighted by atomic mass is 16.5. The number of aromatic amines is 1. The van der Waals surface area contributed by atoms with Crippen LogP contribution in [0.25, 0.3) is 10.9 Å². The number of rotatable bonds is 8. The standard InChI is InChI=1S/C26H25N5O4/c1-3-30-15-18(12-27)25(33)31(26(30)34)16-24(32)29-13-21(17-8-10-19(35-2)11-9-17)22-14-28-23-7-5-4-6-20(22)23/h4-11,14-15,21,28H,3,13,16H2,1-2H3,(H,29,32). The lowest BCUT2D eigenvalue weighted by atomic mass is 9.91. The molecule has 0 aliphatic heterocycles. The molecule has 0 aliphatic rings. The fourth-order valence-electron chi connectivity index (χ4n) is 4.14. The van der Waals surface area contributed by atoms with Crippen LogP contribution in [-0.2, 0) is 17.9 Å². The molecular formula is C26H25N5O4. The summed E-state index contributed by atoms with van der Waals surface area (Å²) in [4.78, 5) is 41.2. The molecule has 35 heavy (non-hydrogen) atoms. The molecule has 0 aliphatic carbocycles. The molecule has 2 heterocycles. The smallest absolute Gasteiger partial charge is 0.331 e. The minimum Gasteiger partial charge on any atom is -0.497 e. The number of aromatic nitrogens is 3. The first-order chi connectivity index (χ1) is 17.0. The number of carbonyl (C=O) groups is 1. The quantitative estimate of drug-likeness (QED) is 0.409. The predicted molar refractivity (Wildman–Crippen MR) is 131 cm³/mol. The van der Waals surface area contributed by atoms with Crippen molar-refractivity contribution in [3.05, 3.63) is 98.5 Å². The molecule has 0 saturated heterocycles. The molecule has 4 aromatic rings. The molecule has 0 saturated carbocycles. The fraction of sp³-hybridized carbons (Fsp3) is 0.231. The van der Waals surface area contributed by atoms with Gasteiger partial charge in [0.05, 0.1) is 7.11 Å². The number of H-pyrrole nitrogens is 1. The lowest BCUT2D eigenvalue weighted by Gasteiger charge is -2.19. The first kappa shape index (κ1) is 23.6. The van der Waals surface area contributed by atoms with E-state index in [1.54, 1.807) is 20.1 Å². The summed E-state index contributed by atoms with van der Waals surface area (Å²) in [7, 11) is 1.60. The van der Waals surface area contributed by atoms with E-state index in [1.807, 2.05) is 54.7 Å². The molecule has 1 amide bonds. The molecule has 9 heteroatoms. The molecular weight excluding hydrogens is 446 g/mol. The van der Waals surface area contributed by atoms with Crippen molar-refractivity contribution in [3.8, 4) is 11.8 Å². The van der Waals surface area contributed by atoms with E-state index in [0.29, 0.717) is 0 Å². The third-order valence-electron chi connectivity index (χ3n) is 6.02. The van der Waals surface area contributed by atoms with E-state index in [-0.39, 0.29) is 24.6 Å². The largest absolute Gasteiger partial charge is 0.497 e. The number of hydrogen-bond donors (Lipinski definition) is 2. The van der Waals surface area contributed by atoms with Gasteiger partial charge < -0.3 is 15.0 Å². The van der Waals surface area contributed by atoms with Gasteiger partial charge in [0, 0.05) is 42.3 Å². The number of fused-ring (bicyclic) bond motifs is 1. The first-order valence-corrected chi connectivity index (χ1v) is 11.2. The van der Waals surface area contributed by atoms with Gasteiger partial charge in [0.1, 0.15) is 23.9 Å². The summed E-state index contributed by atoms with van der Waals surface area (Å²) in [6, 6.07) is 17.3. The van der Waals surface area contributed by atoms with Crippen LogP contribution < -0.4 is 21.3 Å². The normalized spacial score (nSPS) is 11.7. The van der Waals surface area contributed by atoms with Gasteiger partial charge in [0.25, 0.3) is 5.56 Å². The highest BCUT2D eigenvalue weighted by molar-refractivity contribution is 5.84. The third kappa shape index (κ3) is 4.73. The van der Waals surface area contributed by atoms with Crippen LogP contribution in [0, 0.1) is 11.3 Å². The predicted octanol–water partition coefficient (Wildman–Crippen LogP) is 2.34. The van der Waals surface area contributed by atoms with E-state index in [9.17, 15) is 19.6 Å². The number of methoxy groups -OCH3 is 1. The van der Waals surface area contributed by atoms with E-state index < -0.39 is 23.7 Å². The summed E-state index contributed by atoms with van der Waals surface area (Å²) in [6.45, 7) is 1.76. The number of hydrogen-bond acceptors (Lipinski definition) is 5. The topological polar surface area (TPSA) is 122 Å². The monoisotopic (exact) mass is 471 g/mol. The summed E-state index contributed by atoms with van der Waals surface area (Å²) >= 11 is 0. The van der Waals surface area contributed by atoms with Crippen molar-refractivity contribution >= 4 is 16.8 Å². The Hall–Kier alpha value is -4.58. The summed E-state index contributed by atoms with van der Waals surface area (Å²) in [5.74, 6) is 0.0233. The van der Waals surface area contributed by atoms with Gasteiger partial charge in [-0.15, -0.1) is 0 Å². The van der Waals surface area contributed by atoms with Gasteiger partial charge in [-0.25, -0.2) is 9.36 Å². The minimum atomic E-state index is -0.777. The Balaban J connectivity index is 1.63. The van der Waals surface area contributed by atoms with Crippen molar-refractivity contribution in [2.24, 2.45) is 0 Å². The van der Waals surface area contributed by atoms with Gasteiger partial charge in [-0.1, -0.05) is 30.3 Å². The molecule has 0 bridgehead atoms. The number of benzene rings is 2. The average Bonchev–Trinajstić information content (AvgIpc) is 3.31. The summed E-state index contributed by atoms with van der Waals surface area (Å²) in [5, 5.41) is 13.1. The second-order valence-electron chi connectivity index (χ2n) is 8.03. The van der Waals surface area contributed by atoms with Crippen LogP contribution in [0.1, 0.15) is 29.5 Å². The number of amides is 1. The highest BCUT2D eigenvalue weighted by Crippen LogP contribution is 2.31. The van der Waals surface area contributed by atoms with Gasteiger partial charge in [-0.2, -0.15) is 5.26 Å². The molecule has 0 fully saturated rings. The number of carbonyl (C=O) groups excluding carboxylic acids is 1. The summed E-state index contributed by atoms with van der Waals surface area (Å²) in [6.07, 6.45) is 3.14. The molecule has 4 rings (SSSR count). The van der Waals surface area contributed by atoms with Gasteiger partial charge in [0.15, 0.2) is 0 Å². The maximum absolute atomic E-state index is 12.9. The molecule has 2 aromatic carbocycles. The SMILES string of the molecule is CCn1cc(C#N)c(=O)n(CC(=O)NCC(c2ccc(OC)cc2)c2c[nH]c3ccccc23)c1=O. The number of nitrogens with zero attached hydrogens (tertiary/aromatic N) is 3. The van der Waals surface area contributed by atoms with Gasteiger partial charge in [-0.3, -0.25) is 14.2 Å². The molecule has 1 atom stereocenters. The maximum Gasteiger partial charge on any atom is 0.331 e. The Morgan fingerprint density at radius 1 is 1.17 bits per heavy atom. The zero-order valence-electron chi connectivity index (χ0n) is 19.4. The van der Waals surface area contributed by atoms with E-state index in [4.69, 9.17) is 4.74 Å². The second-order valence-corrected chi connectivity index (χ2v) is 8.03. The van der Waals surface area contributed by atoms with Crippen LogP contribution >= 0.6 is 0 Å².